The largest absolute Gasteiger partial charge is 0.497 e. The highest BCUT2D eigenvalue weighted by atomic mass is 19.1. The number of amides is 3. The van der Waals surface area contributed by atoms with Crippen LogP contribution in [-0.2, 0) is 9.53 Å². The minimum Gasteiger partial charge on any atom is -0.497 e. The number of hydrogen-bond donors (Lipinski definition) is 1. The Morgan fingerprint density at radius 3 is 2.54 bits per heavy atom. The van der Waals surface area contributed by atoms with Crippen molar-refractivity contribution in [1.29, 1.82) is 0 Å². The summed E-state index contributed by atoms with van der Waals surface area (Å²) in [6.45, 7) is 7.88. The Bertz CT molecular complexity index is 1270. The first kappa shape index (κ1) is 28.1. The first-order valence-corrected chi connectivity index (χ1v) is 13.2. The van der Waals surface area contributed by atoms with Crippen molar-refractivity contribution in [2.75, 3.05) is 46.4 Å². The fourth-order valence-electron chi connectivity index (χ4n) is 5.21. The summed E-state index contributed by atoms with van der Waals surface area (Å²) in [7, 11) is 1.56. The van der Waals surface area contributed by atoms with E-state index in [4.69, 9.17) is 9.47 Å². The van der Waals surface area contributed by atoms with Gasteiger partial charge in [0.1, 0.15) is 11.6 Å². The van der Waals surface area contributed by atoms with Gasteiger partial charge >= 0.3 is 12.0 Å². The van der Waals surface area contributed by atoms with Crippen LogP contribution in [0.4, 0.5) is 9.18 Å². The number of hydrogen-bond acceptors (Lipinski definition) is 6. The number of halogens is 1. The van der Waals surface area contributed by atoms with Crippen LogP contribution in [0.25, 0.3) is 0 Å². The van der Waals surface area contributed by atoms with E-state index >= 15 is 0 Å². The summed E-state index contributed by atoms with van der Waals surface area (Å²) in [5, 5.41) is 2.86. The van der Waals surface area contributed by atoms with Crippen molar-refractivity contribution in [3.05, 3.63) is 76.7 Å². The molecule has 0 unspecified atom stereocenters. The molecular formula is C29H35FN4O5. The zero-order valence-corrected chi connectivity index (χ0v) is 22.8. The molecule has 0 radical (unpaired) electrons. The number of carbonyl (C=O) groups excluding carboxylic acids is 3. The van der Waals surface area contributed by atoms with Crippen molar-refractivity contribution in [2.45, 2.75) is 32.9 Å². The van der Waals surface area contributed by atoms with Crippen LogP contribution >= 0.6 is 0 Å². The van der Waals surface area contributed by atoms with E-state index in [-0.39, 0.29) is 30.2 Å². The molecule has 0 aliphatic carbocycles. The first-order valence-electron chi connectivity index (χ1n) is 13.2. The molecule has 9 nitrogen and oxygen atoms in total. The minimum atomic E-state index is -0.849. The highest BCUT2D eigenvalue weighted by molar-refractivity contribution is 5.96. The van der Waals surface area contributed by atoms with Crippen LogP contribution in [-0.4, -0.2) is 85.1 Å². The van der Waals surface area contributed by atoms with Crippen LogP contribution in [0.5, 0.6) is 5.75 Å². The topological polar surface area (TPSA) is 91.4 Å². The number of nitrogens with one attached hydrogen (secondary N) is 1. The molecule has 0 saturated carbocycles. The maximum absolute atomic E-state index is 14.1. The van der Waals surface area contributed by atoms with Crippen molar-refractivity contribution < 1.29 is 28.2 Å². The van der Waals surface area contributed by atoms with E-state index in [1.165, 1.54) is 17.0 Å². The van der Waals surface area contributed by atoms with Crippen LogP contribution < -0.4 is 10.1 Å². The molecule has 2 heterocycles. The lowest BCUT2D eigenvalue weighted by molar-refractivity contribution is -0.139. The summed E-state index contributed by atoms with van der Waals surface area (Å²) in [5.41, 5.74) is 1.82. The second-order valence-electron chi connectivity index (χ2n) is 9.58. The Labute approximate surface area is 228 Å². The Kier molecular flexibility index (Phi) is 8.86. The van der Waals surface area contributed by atoms with E-state index in [1.54, 1.807) is 50.4 Å². The number of likely N-dealkylation sites (N-methyl/N-ethyl adjacent to an activating group) is 1. The van der Waals surface area contributed by atoms with Gasteiger partial charge in [0.05, 0.1) is 25.3 Å². The predicted molar refractivity (Wildman–Crippen MR) is 144 cm³/mol. The number of rotatable bonds is 8. The molecule has 0 spiro atoms. The number of nitrogens with zero attached hydrogens (tertiary/aromatic N) is 3. The van der Waals surface area contributed by atoms with Crippen LogP contribution in [0.1, 0.15) is 42.7 Å². The van der Waals surface area contributed by atoms with Gasteiger partial charge in [-0.15, -0.1) is 0 Å². The van der Waals surface area contributed by atoms with Gasteiger partial charge in [0.25, 0.3) is 5.91 Å². The van der Waals surface area contributed by atoms with Gasteiger partial charge in [0, 0.05) is 50.0 Å². The van der Waals surface area contributed by atoms with Crippen LogP contribution in [0, 0.1) is 5.82 Å². The molecule has 2 aromatic carbocycles. The summed E-state index contributed by atoms with van der Waals surface area (Å²) in [4.78, 5) is 45.1. The van der Waals surface area contributed by atoms with Gasteiger partial charge in [-0.1, -0.05) is 18.2 Å². The van der Waals surface area contributed by atoms with Crippen LogP contribution in [0.2, 0.25) is 0 Å². The number of urea groups is 1. The quantitative estimate of drug-likeness (QED) is 0.517. The lowest BCUT2D eigenvalue weighted by Gasteiger charge is -2.43. The normalized spacial score (nSPS) is 20.1. The summed E-state index contributed by atoms with van der Waals surface area (Å²) in [6.07, 6.45) is 0. The third-order valence-corrected chi connectivity index (χ3v) is 7.09. The van der Waals surface area contributed by atoms with E-state index in [1.807, 2.05) is 18.7 Å². The molecule has 3 amide bonds. The zero-order valence-electron chi connectivity index (χ0n) is 22.8. The molecule has 0 bridgehead atoms. The lowest BCUT2D eigenvalue weighted by Crippen LogP contribution is -2.56. The molecule has 1 fully saturated rings. The predicted octanol–water partition coefficient (Wildman–Crippen LogP) is 3.58. The molecule has 10 heteroatoms. The van der Waals surface area contributed by atoms with E-state index in [2.05, 4.69) is 10.2 Å². The SMILES string of the molecule is CCOC(=O)C1=C(CN2CCN(C(=O)c3cccc(OC)c3)[C@H](C)C2)N(CC)C(=O)N[C@H]1c1cccc(F)c1. The summed E-state index contributed by atoms with van der Waals surface area (Å²) < 4.78 is 24.8. The van der Waals surface area contributed by atoms with Crippen molar-refractivity contribution >= 4 is 17.9 Å². The van der Waals surface area contributed by atoms with Gasteiger partial charge in [0.2, 0.25) is 0 Å². The Morgan fingerprint density at radius 2 is 1.87 bits per heavy atom. The van der Waals surface area contributed by atoms with Gasteiger partial charge < -0.3 is 19.7 Å². The van der Waals surface area contributed by atoms with E-state index < -0.39 is 17.8 Å². The van der Waals surface area contributed by atoms with Crippen molar-refractivity contribution in [2.24, 2.45) is 0 Å². The Morgan fingerprint density at radius 1 is 1.10 bits per heavy atom. The molecule has 0 aromatic heterocycles. The second kappa shape index (κ2) is 12.3. The average molecular weight is 539 g/mol. The van der Waals surface area contributed by atoms with Crippen LogP contribution in [0.3, 0.4) is 0 Å². The molecule has 1 saturated heterocycles. The molecule has 2 aliphatic heterocycles. The minimum absolute atomic E-state index is 0.0779. The number of esters is 1. The third kappa shape index (κ3) is 6.06. The molecule has 39 heavy (non-hydrogen) atoms. The van der Waals surface area contributed by atoms with Gasteiger partial charge in [0.15, 0.2) is 0 Å². The fourth-order valence-corrected chi connectivity index (χ4v) is 5.21. The average Bonchev–Trinajstić information content (AvgIpc) is 2.92. The number of methoxy groups -OCH3 is 1. The molecule has 4 rings (SSSR count). The maximum Gasteiger partial charge on any atom is 0.338 e. The number of ether oxygens (including phenoxy) is 2. The Hall–Kier alpha value is -3.92. The lowest BCUT2D eigenvalue weighted by atomic mass is 9.94. The smallest absolute Gasteiger partial charge is 0.338 e. The molecule has 208 valence electrons. The van der Waals surface area contributed by atoms with Gasteiger partial charge in [-0.25, -0.2) is 14.0 Å². The molecule has 2 atom stereocenters. The van der Waals surface area contributed by atoms with E-state index in [0.29, 0.717) is 55.3 Å². The van der Waals surface area contributed by atoms with Crippen molar-refractivity contribution in [3.63, 3.8) is 0 Å². The first-order chi connectivity index (χ1) is 18.8. The summed E-state index contributed by atoms with van der Waals surface area (Å²) >= 11 is 0. The highest BCUT2D eigenvalue weighted by Gasteiger charge is 2.39. The number of piperazine rings is 1. The standard InChI is InChI=1S/C29H35FN4O5/c1-5-33-24(25(28(36)39-6-2)26(31-29(33)37)20-9-7-11-22(30)15-20)18-32-13-14-34(19(3)17-32)27(35)21-10-8-12-23(16-21)38-4/h7-12,15-16,19,26H,5-6,13-14,17-18H2,1-4H3,(H,31,37)/t19-,26+/m1/s1. The molecule has 2 aromatic rings. The van der Waals surface area contributed by atoms with Crippen molar-refractivity contribution in [1.82, 2.24) is 20.0 Å². The summed E-state index contributed by atoms with van der Waals surface area (Å²) in [5.74, 6) is -0.477. The summed E-state index contributed by atoms with van der Waals surface area (Å²) in [6, 6.07) is 11.6. The number of benzene rings is 2. The molecule has 2 aliphatic rings. The van der Waals surface area contributed by atoms with Crippen LogP contribution in [0.15, 0.2) is 59.8 Å². The third-order valence-electron chi connectivity index (χ3n) is 7.09. The monoisotopic (exact) mass is 538 g/mol. The highest BCUT2D eigenvalue weighted by Crippen LogP contribution is 2.33. The second-order valence-corrected chi connectivity index (χ2v) is 9.58. The zero-order chi connectivity index (χ0) is 28.1. The van der Waals surface area contributed by atoms with E-state index in [9.17, 15) is 18.8 Å². The molecular weight excluding hydrogens is 503 g/mol. The van der Waals surface area contributed by atoms with Gasteiger partial charge in [-0.3, -0.25) is 14.6 Å². The maximum atomic E-state index is 14.1. The Balaban J connectivity index is 1.62. The van der Waals surface area contributed by atoms with Gasteiger partial charge in [-0.05, 0) is 56.7 Å². The van der Waals surface area contributed by atoms with Gasteiger partial charge in [-0.2, -0.15) is 0 Å². The molecule has 1 N–H and O–H groups in total. The van der Waals surface area contributed by atoms with E-state index in [0.717, 1.165) is 0 Å². The number of carbonyl (C=O) groups is 3. The fraction of sp³-hybridized carbons (Fsp3) is 0.414. The van der Waals surface area contributed by atoms with Crippen molar-refractivity contribution in [3.8, 4) is 5.75 Å².